The van der Waals surface area contributed by atoms with Gasteiger partial charge in [-0.2, -0.15) is 0 Å². The van der Waals surface area contributed by atoms with Crippen LogP contribution in [0.15, 0.2) is 54.6 Å². The molecule has 0 heterocycles. The van der Waals surface area contributed by atoms with Crippen molar-refractivity contribution in [2.75, 3.05) is 0 Å². The van der Waals surface area contributed by atoms with E-state index in [1.165, 1.54) is 29.5 Å². The zero-order chi connectivity index (χ0) is 15.7. The summed E-state index contributed by atoms with van der Waals surface area (Å²) >= 11 is 0. The van der Waals surface area contributed by atoms with Gasteiger partial charge in [-0.15, -0.1) is 0 Å². The van der Waals surface area contributed by atoms with Crippen LogP contribution in [0.2, 0.25) is 0 Å². The zero-order valence-corrected chi connectivity index (χ0v) is 14.3. The monoisotopic (exact) mass is 282 g/mol. The van der Waals surface area contributed by atoms with Gasteiger partial charge in [-0.05, 0) is 41.4 Å². The second kappa shape index (κ2) is 9.39. The molecule has 0 aliphatic heterocycles. The standard InChI is InChI=1S/C19H24.C2H6/c1-4-16(14-15(2)3)18-10-12-19(13-11-18)17-8-6-5-7-9-17;1-2/h5-13,15-16H,4,14H2,1-3H3;1-2H3. The predicted molar refractivity (Wildman–Crippen MR) is 95.7 cm³/mol. The molecule has 0 aliphatic carbocycles. The van der Waals surface area contributed by atoms with Gasteiger partial charge >= 0.3 is 0 Å². The van der Waals surface area contributed by atoms with Crippen LogP contribution >= 0.6 is 0 Å². The van der Waals surface area contributed by atoms with Crippen molar-refractivity contribution in [2.24, 2.45) is 5.92 Å². The van der Waals surface area contributed by atoms with Crippen LogP contribution in [-0.2, 0) is 0 Å². The predicted octanol–water partition coefficient (Wildman–Crippen LogP) is 6.92. The molecule has 2 aromatic rings. The Morgan fingerprint density at radius 1 is 0.762 bits per heavy atom. The summed E-state index contributed by atoms with van der Waals surface area (Å²) in [5.41, 5.74) is 4.09. The second-order valence-corrected chi connectivity index (χ2v) is 5.72. The molecule has 0 spiro atoms. The van der Waals surface area contributed by atoms with E-state index in [-0.39, 0.29) is 0 Å². The minimum absolute atomic E-state index is 0.699. The Hall–Kier alpha value is -1.56. The molecule has 114 valence electrons. The minimum Gasteiger partial charge on any atom is -0.0683 e. The van der Waals surface area contributed by atoms with Crippen LogP contribution in [0.3, 0.4) is 0 Å². The van der Waals surface area contributed by atoms with Crippen molar-refractivity contribution in [3.05, 3.63) is 60.2 Å². The fourth-order valence-corrected chi connectivity index (χ4v) is 2.69. The van der Waals surface area contributed by atoms with E-state index in [0.717, 1.165) is 5.92 Å². The highest BCUT2D eigenvalue weighted by molar-refractivity contribution is 5.63. The topological polar surface area (TPSA) is 0 Å². The number of rotatable bonds is 5. The summed E-state index contributed by atoms with van der Waals surface area (Å²) in [7, 11) is 0. The Kier molecular flexibility index (Phi) is 7.82. The van der Waals surface area contributed by atoms with Gasteiger partial charge in [0.25, 0.3) is 0 Å². The van der Waals surface area contributed by atoms with Gasteiger partial charge in [0.2, 0.25) is 0 Å². The highest BCUT2D eigenvalue weighted by Crippen LogP contribution is 2.29. The van der Waals surface area contributed by atoms with Gasteiger partial charge in [0, 0.05) is 0 Å². The van der Waals surface area contributed by atoms with E-state index in [1.807, 2.05) is 13.8 Å². The van der Waals surface area contributed by atoms with Gasteiger partial charge < -0.3 is 0 Å². The summed E-state index contributed by atoms with van der Waals surface area (Å²) in [6.45, 7) is 10.9. The molecule has 0 radical (unpaired) electrons. The molecule has 0 N–H and O–H groups in total. The molecular formula is C21H30. The molecule has 2 aromatic carbocycles. The first-order valence-electron chi connectivity index (χ1n) is 8.36. The lowest BCUT2D eigenvalue weighted by Gasteiger charge is -2.18. The van der Waals surface area contributed by atoms with Gasteiger partial charge in [0.05, 0.1) is 0 Å². The van der Waals surface area contributed by atoms with Crippen LogP contribution in [0.4, 0.5) is 0 Å². The van der Waals surface area contributed by atoms with Crippen LogP contribution in [0.5, 0.6) is 0 Å². The first kappa shape index (κ1) is 17.5. The molecule has 0 nitrogen and oxygen atoms in total. The maximum Gasteiger partial charge on any atom is -0.0162 e. The van der Waals surface area contributed by atoms with E-state index >= 15 is 0 Å². The van der Waals surface area contributed by atoms with E-state index in [4.69, 9.17) is 0 Å². The van der Waals surface area contributed by atoms with Crippen LogP contribution in [0.25, 0.3) is 11.1 Å². The average Bonchev–Trinajstić information content (AvgIpc) is 2.55. The lowest BCUT2D eigenvalue weighted by molar-refractivity contribution is 0.489. The van der Waals surface area contributed by atoms with Crippen molar-refractivity contribution in [2.45, 2.75) is 53.4 Å². The SMILES string of the molecule is CC.CCC(CC(C)C)c1ccc(-c2ccccc2)cc1. The first-order valence-corrected chi connectivity index (χ1v) is 8.36. The van der Waals surface area contributed by atoms with Crippen molar-refractivity contribution in [3.8, 4) is 11.1 Å². The number of benzene rings is 2. The maximum atomic E-state index is 2.31. The van der Waals surface area contributed by atoms with Crippen molar-refractivity contribution in [1.29, 1.82) is 0 Å². The summed E-state index contributed by atoms with van der Waals surface area (Å²) in [4.78, 5) is 0. The molecule has 1 atom stereocenters. The highest BCUT2D eigenvalue weighted by atomic mass is 14.2. The van der Waals surface area contributed by atoms with Gasteiger partial charge in [-0.1, -0.05) is 89.2 Å². The molecule has 0 amide bonds. The molecule has 0 saturated carbocycles. The van der Waals surface area contributed by atoms with Crippen molar-refractivity contribution in [1.82, 2.24) is 0 Å². The van der Waals surface area contributed by atoms with Crippen LogP contribution in [0.1, 0.15) is 58.9 Å². The molecular weight excluding hydrogens is 252 g/mol. The van der Waals surface area contributed by atoms with Gasteiger partial charge in [0.1, 0.15) is 0 Å². The molecule has 0 fully saturated rings. The summed E-state index contributed by atoms with van der Waals surface area (Å²) in [6, 6.07) is 19.7. The summed E-state index contributed by atoms with van der Waals surface area (Å²) in [6.07, 6.45) is 2.50. The number of hydrogen-bond acceptors (Lipinski definition) is 0. The average molecular weight is 282 g/mol. The molecule has 0 aliphatic rings. The fourth-order valence-electron chi connectivity index (χ4n) is 2.69. The smallest absolute Gasteiger partial charge is 0.0162 e. The molecule has 0 saturated heterocycles. The largest absolute Gasteiger partial charge is 0.0683 e. The van der Waals surface area contributed by atoms with Gasteiger partial charge in [0.15, 0.2) is 0 Å². The van der Waals surface area contributed by atoms with E-state index in [2.05, 4.69) is 75.4 Å². The molecule has 21 heavy (non-hydrogen) atoms. The van der Waals surface area contributed by atoms with Crippen LogP contribution < -0.4 is 0 Å². The number of hydrogen-bond donors (Lipinski definition) is 0. The third kappa shape index (κ3) is 5.38. The zero-order valence-electron chi connectivity index (χ0n) is 14.3. The minimum atomic E-state index is 0.699. The molecule has 1 unspecified atom stereocenters. The normalized spacial score (nSPS) is 11.7. The molecule has 2 rings (SSSR count). The first-order chi connectivity index (χ1) is 10.2. The van der Waals surface area contributed by atoms with Crippen molar-refractivity contribution >= 4 is 0 Å². The molecule has 0 bridgehead atoms. The molecule has 0 aromatic heterocycles. The van der Waals surface area contributed by atoms with Gasteiger partial charge in [-0.25, -0.2) is 0 Å². The van der Waals surface area contributed by atoms with Gasteiger partial charge in [-0.3, -0.25) is 0 Å². The Morgan fingerprint density at radius 3 is 1.76 bits per heavy atom. The van der Waals surface area contributed by atoms with Crippen molar-refractivity contribution in [3.63, 3.8) is 0 Å². The summed E-state index contributed by atoms with van der Waals surface area (Å²) in [5, 5.41) is 0. The van der Waals surface area contributed by atoms with E-state index < -0.39 is 0 Å². The second-order valence-electron chi connectivity index (χ2n) is 5.72. The Balaban J connectivity index is 0.00000106. The summed E-state index contributed by atoms with van der Waals surface area (Å²) < 4.78 is 0. The van der Waals surface area contributed by atoms with E-state index in [9.17, 15) is 0 Å². The van der Waals surface area contributed by atoms with Crippen LogP contribution in [0, 0.1) is 5.92 Å². The lowest BCUT2D eigenvalue weighted by Crippen LogP contribution is -2.01. The quantitative estimate of drug-likeness (QED) is 0.558. The third-order valence-corrected chi connectivity index (χ3v) is 3.74. The third-order valence-electron chi connectivity index (χ3n) is 3.74. The van der Waals surface area contributed by atoms with Crippen molar-refractivity contribution < 1.29 is 0 Å². The Bertz CT molecular complexity index is 479. The highest BCUT2D eigenvalue weighted by Gasteiger charge is 2.11. The maximum absolute atomic E-state index is 2.31. The Labute approximate surface area is 131 Å². The summed E-state index contributed by atoms with van der Waals surface area (Å²) in [5.74, 6) is 1.46. The van der Waals surface area contributed by atoms with E-state index in [1.54, 1.807) is 0 Å². The van der Waals surface area contributed by atoms with Crippen LogP contribution in [-0.4, -0.2) is 0 Å². The Morgan fingerprint density at radius 2 is 1.29 bits per heavy atom. The fraction of sp³-hybridized carbons (Fsp3) is 0.429. The molecule has 0 heteroatoms. The van der Waals surface area contributed by atoms with E-state index in [0.29, 0.717) is 5.92 Å². The lowest BCUT2D eigenvalue weighted by atomic mass is 9.87.